The van der Waals surface area contributed by atoms with Gasteiger partial charge in [-0.3, -0.25) is 23.5 Å². The maximum atomic E-state index is 14.1. The number of likely N-dealkylation sites (tertiary alicyclic amines) is 1. The number of rotatable bonds is 6. The number of benzene rings is 2. The molecule has 0 unspecified atom stereocenters. The van der Waals surface area contributed by atoms with Crippen LogP contribution in [0.3, 0.4) is 0 Å². The Kier molecular flexibility index (Phi) is 7.93. The molecular formula is C28H28ClFN6O5. The Labute approximate surface area is 238 Å². The molecule has 3 N–H and O–H groups in total. The van der Waals surface area contributed by atoms with Crippen molar-refractivity contribution in [1.82, 2.24) is 18.9 Å². The van der Waals surface area contributed by atoms with Crippen molar-refractivity contribution in [3.05, 3.63) is 85.9 Å². The smallest absolute Gasteiger partial charge is 0.331 e. The van der Waals surface area contributed by atoms with E-state index in [9.17, 15) is 28.4 Å². The average Bonchev–Trinajstić information content (AvgIpc) is 3.12. The number of hydrogen-bond acceptors (Lipinski definition) is 5. The standard InChI is InChI=1S/C28H28ClFN6O5/c29-25-19(5-3-6-21(25)30)20-14-34(28(41)36(26(20)39)15-23(31)37)16-24(38)33-11-9-18(10-12-33)35-13-8-17-4-1-2-7-22(17)32-27(35)40/h1-7,14,18H,8-13,15-16H2,(H2,31,37)(H,32,40). The summed E-state index contributed by atoms with van der Waals surface area (Å²) < 4.78 is 15.7. The molecule has 1 fully saturated rings. The van der Waals surface area contributed by atoms with Crippen LogP contribution in [-0.2, 0) is 29.1 Å². The molecule has 0 radical (unpaired) electrons. The molecular weight excluding hydrogens is 555 g/mol. The maximum Gasteiger partial charge on any atom is 0.331 e. The highest BCUT2D eigenvalue weighted by Crippen LogP contribution is 2.28. The Morgan fingerprint density at radius 2 is 1.71 bits per heavy atom. The number of urea groups is 1. The Morgan fingerprint density at radius 3 is 2.44 bits per heavy atom. The molecule has 4 amide bonds. The summed E-state index contributed by atoms with van der Waals surface area (Å²) in [6.07, 6.45) is 2.97. The van der Waals surface area contributed by atoms with E-state index < -0.39 is 36.1 Å². The topological polar surface area (TPSA) is 140 Å². The summed E-state index contributed by atoms with van der Waals surface area (Å²) in [6.45, 7) is 0.127. The van der Waals surface area contributed by atoms with E-state index in [-0.39, 0.29) is 34.1 Å². The lowest BCUT2D eigenvalue weighted by molar-refractivity contribution is -0.133. The molecule has 13 heteroatoms. The van der Waals surface area contributed by atoms with Crippen LogP contribution >= 0.6 is 11.6 Å². The fraction of sp³-hybridized carbons (Fsp3) is 0.321. The minimum absolute atomic E-state index is 0.00905. The van der Waals surface area contributed by atoms with E-state index in [1.165, 1.54) is 12.1 Å². The lowest BCUT2D eigenvalue weighted by atomic mass is 10.0. The Hall–Kier alpha value is -4.45. The lowest BCUT2D eigenvalue weighted by Crippen LogP contribution is -2.51. The van der Waals surface area contributed by atoms with Crippen LogP contribution < -0.4 is 22.3 Å². The van der Waals surface area contributed by atoms with Gasteiger partial charge in [0.2, 0.25) is 11.8 Å². The summed E-state index contributed by atoms with van der Waals surface area (Å²) >= 11 is 6.09. The predicted molar refractivity (Wildman–Crippen MR) is 150 cm³/mol. The van der Waals surface area contributed by atoms with Gasteiger partial charge in [0, 0.05) is 43.1 Å². The van der Waals surface area contributed by atoms with Gasteiger partial charge in [0.15, 0.2) is 0 Å². The number of piperidine rings is 1. The summed E-state index contributed by atoms with van der Waals surface area (Å²) in [7, 11) is 0. The second-order valence-electron chi connectivity index (χ2n) is 10.1. The van der Waals surface area contributed by atoms with E-state index in [2.05, 4.69) is 5.32 Å². The summed E-state index contributed by atoms with van der Waals surface area (Å²) in [6, 6.07) is 11.3. The number of nitrogens with two attached hydrogens (primary N) is 1. The van der Waals surface area contributed by atoms with E-state index in [1.54, 1.807) is 9.80 Å². The first-order chi connectivity index (χ1) is 19.6. The zero-order valence-electron chi connectivity index (χ0n) is 22.0. The number of hydrogen-bond donors (Lipinski definition) is 2. The number of anilines is 1. The van der Waals surface area contributed by atoms with Crippen molar-refractivity contribution in [2.45, 2.75) is 38.4 Å². The number of fused-ring (bicyclic) bond motifs is 1. The third kappa shape index (κ3) is 5.73. The first-order valence-corrected chi connectivity index (χ1v) is 13.5. The minimum Gasteiger partial charge on any atom is -0.368 e. The van der Waals surface area contributed by atoms with Gasteiger partial charge in [-0.15, -0.1) is 0 Å². The molecule has 2 aliphatic heterocycles. The van der Waals surface area contributed by atoms with E-state index in [1.807, 2.05) is 24.3 Å². The highest BCUT2D eigenvalue weighted by molar-refractivity contribution is 6.33. The summed E-state index contributed by atoms with van der Waals surface area (Å²) in [5.74, 6) is -2.10. The van der Waals surface area contributed by atoms with Crippen LogP contribution in [0.25, 0.3) is 11.1 Å². The van der Waals surface area contributed by atoms with Crippen LogP contribution in [0.5, 0.6) is 0 Å². The Balaban J connectivity index is 1.33. The van der Waals surface area contributed by atoms with Crippen LogP contribution in [0.1, 0.15) is 18.4 Å². The Morgan fingerprint density at radius 1 is 0.976 bits per heavy atom. The molecule has 2 aliphatic rings. The molecule has 0 aliphatic carbocycles. The van der Waals surface area contributed by atoms with Gasteiger partial charge in [-0.25, -0.2) is 14.0 Å². The van der Waals surface area contributed by atoms with Crippen LogP contribution in [0, 0.1) is 5.82 Å². The fourth-order valence-corrected chi connectivity index (χ4v) is 5.60. The van der Waals surface area contributed by atoms with Gasteiger partial charge >= 0.3 is 11.7 Å². The highest BCUT2D eigenvalue weighted by atomic mass is 35.5. The van der Waals surface area contributed by atoms with Gasteiger partial charge in [-0.1, -0.05) is 41.9 Å². The molecule has 3 heterocycles. The number of primary amides is 1. The van der Waals surface area contributed by atoms with E-state index in [0.717, 1.165) is 34.5 Å². The van der Waals surface area contributed by atoms with Gasteiger partial charge in [-0.05, 0) is 37.0 Å². The summed E-state index contributed by atoms with van der Waals surface area (Å²) in [5, 5.41) is 2.63. The average molecular weight is 583 g/mol. The second-order valence-corrected chi connectivity index (χ2v) is 10.4. The molecule has 1 saturated heterocycles. The SMILES string of the molecule is NC(=O)Cn1c(=O)c(-c2cccc(F)c2Cl)cn(CC(=O)N2CCC(N3CCc4ccccc4NC3=O)CC2)c1=O. The number of carbonyl (C=O) groups is 3. The second kappa shape index (κ2) is 11.6. The van der Waals surface area contributed by atoms with Gasteiger partial charge in [0.05, 0.1) is 10.6 Å². The number of halogens is 2. The predicted octanol–water partition coefficient (Wildman–Crippen LogP) is 2.04. The largest absolute Gasteiger partial charge is 0.368 e. The molecule has 41 heavy (non-hydrogen) atoms. The van der Waals surface area contributed by atoms with E-state index in [4.69, 9.17) is 17.3 Å². The van der Waals surface area contributed by atoms with Crippen molar-refractivity contribution in [1.29, 1.82) is 0 Å². The third-order valence-corrected chi connectivity index (χ3v) is 7.88. The lowest BCUT2D eigenvalue weighted by Gasteiger charge is -2.38. The first-order valence-electron chi connectivity index (χ1n) is 13.1. The van der Waals surface area contributed by atoms with Gasteiger partial charge < -0.3 is 20.9 Å². The van der Waals surface area contributed by atoms with E-state index in [0.29, 0.717) is 37.0 Å². The molecule has 0 saturated carbocycles. The van der Waals surface area contributed by atoms with Gasteiger partial charge in [-0.2, -0.15) is 0 Å². The molecule has 1 aromatic heterocycles. The van der Waals surface area contributed by atoms with E-state index >= 15 is 0 Å². The molecule has 5 rings (SSSR count). The fourth-order valence-electron chi connectivity index (χ4n) is 5.37. The maximum absolute atomic E-state index is 14.1. The van der Waals surface area contributed by atoms with Crippen molar-refractivity contribution in [3.8, 4) is 11.1 Å². The molecule has 0 atom stereocenters. The number of aromatic nitrogens is 2. The molecule has 0 spiro atoms. The van der Waals surface area contributed by atoms with Crippen LogP contribution in [0.15, 0.2) is 58.3 Å². The number of nitrogens with one attached hydrogen (secondary N) is 1. The Bertz CT molecular complexity index is 1650. The summed E-state index contributed by atoms with van der Waals surface area (Å²) in [5.41, 5.74) is 5.18. The van der Waals surface area contributed by atoms with Crippen LogP contribution in [-0.4, -0.2) is 62.5 Å². The van der Waals surface area contributed by atoms with Gasteiger partial charge in [0.1, 0.15) is 18.9 Å². The van der Waals surface area contributed by atoms with Crippen LogP contribution in [0.2, 0.25) is 5.02 Å². The molecule has 3 aromatic rings. The number of amides is 4. The van der Waals surface area contributed by atoms with Crippen molar-refractivity contribution in [2.24, 2.45) is 5.73 Å². The normalized spacial score (nSPS) is 15.7. The molecule has 214 valence electrons. The highest BCUT2D eigenvalue weighted by Gasteiger charge is 2.31. The quantitative estimate of drug-likeness (QED) is 0.458. The van der Waals surface area contributed by atoms with Crippen molar-refractivity contribution >= 4 is 35.1 Å². The third-order valence-electron chi connectivity index (χ3n) is 7.50. The van der Waals surface area contributed by atoms with Gasteiger partial charge in [0.25, 0.3) is 5.56 Å². The number of carbonyl (C=O) groups excluding carboxylic acids is 3. The monoisotopic (exact) mass is 582 g/mol. The zero-order chi connectivity index (χ0) is 29.3. The minimum atomic E-state index is -0.938. The molecule has 2 aromatic carbocycles. The summed E-state index contributed by atoms with van der Waals surface area (Å²) in [4.78, 5) is 67.3. The van der Waals surface area contributed by atoms with Crippen molar-refractivity contribution < 1.29 is 18.8 Å². The zero-order valence-corrected chi connectivity index (χ0v) is 22.8. The van der Waals surface area contributed by atoms with Crippen LogP contribution in [0.4, 0.5) is 14.9 Å². The van der Waals surface area contributed by atoms with Crippen molar-refractivity contribution in [3.63, 3.8) is 0 Å². The molecule has 11 nitrogen and oxygen atoms in total. The first kappa shape index (κ1) is 28.1. The number of nitrogens with zero attached hydrogens (tertiary/aromatic N) is 4. The molecule has 0 bridgehead atoms. The van der Waals surface area contributed by atoms with Crippen molar-refractivity contribution in [2.75, 3.05) is 25.0 Å². The number of para-hydroxylation sites is 1.